The number of benzene rings is 3. The number of amides is 3. The van der Waals surface area contributed by atoms with Gasteiger partial charge in [0.1, 0.15) is 34.8 Å². The van der Waals surface area contributed by atoms with Gasteiger partial charge in [-0.25, -0.2) is 4.79 Å². The van der Waals surface area contributed by atoms with E-state index in [1.54, 1.807) is 51.1 Å². The number of methoxy groups -OCH3 is 4. The number of Topliss-reactive ketones (excluding diaryl/α,β-unsaturated/α-hetero) is 1. The molecule has 3 aromatic carbocycles. The Morgan fingerprint density at radius 3 is 2.21 bits per heavy atom. The molecule has 3 aromatic rings. The summed E-state index contributed by atoms with van der Waals surface area (Å²) in [6.07, 6.45) is -1.55. The van der Waals surface area contributed by atoms with Crippen molar-refractivity contribution in [1.29, 1.82) is 0 Å². The molecule has 4 N–H and O–H groups in total. The van der Waals surface area contributed by atoms with Gasteiger partial charge in [0.25, 0.3) is 5.91 Å². The third-order valence-corrected chi connectivity index (χ3v) is 7.13. The molecule has 4 rings (SSSR count). The Labute approximate surface area is 277 Å². The van der Waals surface area contributed by atoms with Crippen molar-refractivity contribution in [3.63, 3.8) is 0 Å². The van der Waals surface area contributed by atoms with Crippen LogP contribution in [0.1, 0.15) is 59.6 Å². The van der Waals surface area contributed by atoms with Gasteiger partial charge in [-0.15, -0.1) is 0 Å². The molecule has 1 heterocycles. The molecule has 0 saturated heterocycles. The number of aliphatic hydroxyl groups excluding tert-OH is 1. The topological polar surface area (TPSA) is 180 Å². The van der Waals surface area contributed by atoms with Gasteiger partial charge in [-0.1, -0.05) is 12.1 Å². The van der Waals surface area contributed by atoms with Crippen molar-refractivity contribution >= 4 is 35.1 Å². The van der Waals surface area contributed by atoms with Gasteiger partial charge in [-0.2, -0.15) is 0 Å². The number of ketones is 1. The minimum atomic E-state index is -1.31. The van der Waals surface area contributed by atoms with Gasteiger partial charge in [0.15, 0.2) is 17.3 Å². The summed E-state index contributed by atoms with van der Waals surface area (Å²) in [5, 5.41) is 17.4. The Kier molecular flexibility index (Phi) is 11.0. The summed E-state index contributed by atoms with van der Waals surface area (Å²) in [6, 6.07) is 11.5. The monoisotopic (exact) mass is 665 g/mol. The van der Waals surface area contributed by atoms with E-state index >= 15 is 0 Å². The first kappa shape index (κ1) is 35.4. The maximum atomic E-state index is 13.5. The summed E-state index contributed by atoms with van der Waals surface area (Å²) >= 11 is 0. The van der Waals surface area contributed by atoms with E-state index in [0.717, 1.165) is 0 Å². The number of alkyl carbamates (subject to hydrolysis) is 1. The largest absolute Gasteiger partial charge is 0.496 e. The summed E-state index contributed by atoms with van der Waals surface area (Å²) in [4.78, 5) is 51.7. The molecule has 0 aromatic heterocycles. The van der Waals surface area contributed by atoms with Gasteiger partial charge in [0.05, 0.1) is 47.0 Å². The number of nitrogens with one attached hydrogen (secondary N) is 3. The van der Waals surface area contributed by atoms with Crippen LogP contribution in [0.15, 0.2) is 48.5 Å². The molecule has 3 amide bonds. The fraction of sp³-hybridized carbons (Fsp3) is 0.353. The fourth-order valence-corrected chi connectivity index (χ4v) is 4.99. The zero-order chi connectivity index (χ0) is 35.2. The third-order valence-electron chi connectivity index (χ3n) is 7.13. The third kappa shape index (κ3) is 8.07. The van der Waals surface area contributed by atoms with Crippen molar-refractivity contribution in [1.82, 2.24) is 5.32 Å². The number of hydrogen-bond donors (Lipinski definition) is 4. The van der Waals surface area contributed by atoms with Gasteiger partial charge >= 0.3 is 6.09 Å². The molecule has 14 nitrogen and oxygen atoms in total. The lowest BCUT2D eigenvalue weighted by Gasteiger charge is -2.28. The predicted molar refractivity (Wildman–Crippen MR) is 175 cm³/mol. The number of carbonyl (C=O) groups excluding carboxylic acids is 4. The van der Waals surface area contributed by atoms with E-state index in [0.29, 0.717) is 17.0 Å². The van der Waals surface area contributed by atoms with E-state index in [2.05, 4.69) is 16.0 Å². The number of hydrogen-bond acceptors (Lipinski definition) is 11. The Morgan fingerprint density at radius 1 is 0.896 bits per heavy atom. The standard InChI is InChI=1S/C34H39N3O11/c1-34(2,3)48-33(42)37-22(17-38)32(41)36-20-11-12-24(43-4)21(14-20)31(40)35-19-10-8-9-18(13-19)25-15-23(39)28-26(47-25)16-27(44-5)29(45-6)30(28)46-7/h8-14,16,22,25,38H,15,17H2,1-7H3,(H,35,40)(H,36,41)(H,37,42)/t22-,25?/m0/s1. The summed E-state index contributed by atoms with van der Waals surface area (Å²) in [7, 11) is 5.74. The van der Waals surface area contributed by atoms with E-state index in [-0.39, 0.29) is 52.0 Å². The maximum Gasteiger partial charge on any atom is 0.408 e. The number of ether oxygens (including phenoxy) is 6. The van der Waals surface area contributed by atoms with Gasteiger partial charge in [-0.3, -0.25) is 14.4 Å². The highest BCUT2D eigenvalue weighted by atomic mass is 16.6. The molecule has 48 heavy (non-hydrogen) atoms. The summed E-state index contributed by atoms with van der Waals surface area (Å²) < 4.78 is 33.0. The Balaban J connectivity index is 1.52. The van der Waals surface area contributed by atoms with E-state index in [1.807, 2.05) is 0 Å². The van der Waals surface area contributed by atoms with Crippen molar-refractivity contribution in [3.05, 3.63) is 65.2 Å². The van der Waals surface area contributed by atoms with Crippen LogP contribution in [0.3, 0.4) is 0 Å². The molecule has 0 radical (unpaired) electrons. The lowest BCUT2D eigenvalue weighted by Crippen LogP contribution is -2.47. The van der Waals surface area contributed by atoms with Crippen LogP contribution >= 0.6 is 0 Å². The molecule has 14 heteroatoms. The number of rotatable bonds is 11. The van der Waals surface area contributed by atoms with Crippen LogP contribution in [0.25, 0.3) is 0 Å². The normalized spacial score (nSPS) is 14.4. The fourth-order valence-electron chi connectivity index (χ4n) is 4.99. The number of aliphatic hydroxyl groups is 1. The molecular formula is C34H39N3O11. The Hall–Kier alpha value is -5.50. The highest BCUT2D eigenvalue weighted by molar-refractivity contribution is 6.08. The van der Waals surface area contributed by atoms with E-state index < -0.39 is 42.3 Å². The zero-order valence-corrected chi connectivity index (χ0v) is 27.7. The highest BCUT2D eigenvalue weighted by Gasteiger charge is 2.34. The molecule has 0 saturated carbocycles. The molecule has 0 spiro atoms. The van der Waals surface area contributed by atoms with Gasteiger partial charge in [0, 0.05) is 17.4 Å². The van der Waals surface area contributed by atoms with Gasteiger partial charge < -0.3 is 49.5 Å². The van der Waals surface area contributed by atoms with Crippen LogP contribution in [0.2, 0.25) is 0 Å². The van der Waals surface area contributed by atoms with Crippen LogP contribution < -0.4 is 39.6 Å². The first-order valence-corrected chi connectivity index (χ1v) is 14.9. The van der Waals surface area contributed by atoms with Crippen LogP contribution in [-0.2, 0) is 9.53 Å². The number of fused-ring (bicyclic) bond motifs is 1. The second-order valence-corrected chi connectivity index (χ2v) is 11.6. The van der Waals surface area contributed by atoms with Gasteiger partial charge in [-0.05, 0) is 56.7 Å². The maximum absolute atomic E-state index is 13.5. The van der Waals surface area contributed by atoms with E-state index in [4.69, 9.17) is 28.4 Å². The van der Waals surface area contributed by atoms with Crippen LogP contribution in [0.5, 0.6) is 28.7 Å². The molecule has 256 valence electrons. The Morgan fingerprint density at radius 2 is 1.58 bits per heavy atom. The molecule has 0 aliphatic carbocycles. The van der Waals surface area contributed by atoms with Crippen molar-refractivity contribution in [2.24, 2.45) is 0 Å². The van der Waals surface area contributed by atoms with E-state index in [1.165, 1.54) is 46.6 Å². The quantitative estimate of drug-likeness (QED) is 0.226. The van der Waals surface area contributed by atoms with Crippen LogP contribution in [-0.4, -0.2) is 75.5 Å². The predicted octanol–water partition coefficient (Wildman–Crippen LogP) is 4.50. The second-order valence-electron chi connectivity index (χ2n) is 11.6. The number of anilines is 2. The molecular weight excluding hydrogens is 626 g/mol. The summed E-state index contributed by atoms with van der Waals surface area (Å²) in [5.74, 6) is -0.179. The lowest BCUT2D eigenvalue weighted by atomic mass is 9.94. The van der Waals surface area contributed by atoms with Crippen molar-refractivity contribution < 1.29 is 52.7 Å². The van der Waals surface area contributed by atoms with Crippen LogP contribution in [0, 0.1) is 0 Å². The first-order chi connectivity index (χ1) is 22.8. The number of carbonyl (C=O) groups is 4. The second kappa shape index (κ2) is 14.9. The SMILES string of the molecule is COc1ccc(NC(=O)[C@H](CO)NC(=O)OC(C)(C)C)cc1C(=O)Nc1cccc(C2CC(=O)c3c(cc(OC)c(OC)c3OC)O2)c1. The average Bonchev–Trinajstić information content (AvgIpc) is 3.05. The molecule has 0 bridgehead atoms. The Bertz CT molecular complexity index is 1700. The van der Waals surface area contributed by atoms with E-state index in [9.17, 15) is 24.3 Å². The molecule has 0 fully saturated rings. The minimum Gasteiger partial charge on any atom is -0.496 e. The first-order valence-electron chi connectivity index (χ1n) is 14.9. The van der Waals surface area contributed by atoms with Crippen LogP contribution in [0.4, 0.5) is 16.2 Å². The van der Waals surface area contributed by atoms with Crippen molar-refractivity contribution in [2.45, 2.75) is 44.9 Å². The highest BCUT2D eigenvalue weighted by Crippen LogP contribution is 2.49. The molecule has 2 atom stereocenters. The summed E-state index contributed by atoms with van der Waals surface area (Å²) in [5.41, 5.74) is 0.776. The van der Waals surface area contributed by atoms with Gasteiger partial charge in [0.2, 0.25) is 11.7 Å². The minimum absolute atomic E-state index is 0.00340. The average molecular weight is 666 g/mol. The molecule has 1 unspecified atom stereocenters. The molecule has 1 aliphatic rings. The molecule has 1 aliphatic heterocycles. The van der Waals surface area contributed by atoms with Crippen molar-refractivity contribution in [2.75, 3.05) is 45.7 Å². The van der Waals surface area contributed by atoms with Crippen molar-refractivity contribution in [3.8, 4) is 28.7 Å². The smallest absolute Gasteiger partial charge is 0.408 e. The zero-order valence-electron chi connectivity index (χ0n) is 27.7. The lowest BCUT2D eigenvalue weighted by molar-refractivity contribution is -0.119. The summed E-state index contributed by atoms with van der Waals surface area (Å²) in [6.45, 7) is 4.30.